The Bertz CT molecular complexity index is 869. The number of aliphatic hydroxyl groups excluding tert-OH is 1. The van der Waals surface area contributed by atoms with Crippen molar-refractivity contribution in [2.75, 3.05) is 0 Å². The molecule has 1 aromatic carbocycles. The van der Waals surface area contributed by atoms with E-state index < -0.39 is 11.7 Å². The van der Waals surface area contributed by atoms with Crippen molar-refractivity contribution in [3.05, 3.63) is 58.5 Å². The van der Waals surface area contributed by atoms with Gasteiger partial charge in [-0.3, -0.25) is 4.79 Å². The van der Waals surface area contributed by atoms with Crippen LogP contribution in [-0.2, 0) is 0 Å². The van der Waals surface area contributed by atoms with Crippen LogP contribution in [-0.4, -0.2) is 20.8 Å². The van der Waals surface area contributed by atoms with Crippen molar-refractivity contribution in [2.24, 2.45) is 5.92 Å². The standard InChI is InChI=1S/C21H25NO4/c1-4-5-6-13(2)11-21(3)19(24)17-18(26-21)16(12-22-20(17)25)14-7-9-15(23)10-8-14/h4-5,7-10,12-13,19,23-24H,6,11H2,1-3H3,(H,22,25)/b5-4+/t13-,19-,21-/m0/s1. The second kappa shape index (κ2) is 7.00. The van der Waals surface area contributed by atoms with Crippen molar-refractivity contribution in [1.82, 2.24) is 4.98 Å². The smallest absolute Gasteiger partial charge is 0.257 e. The molecule has 1 aromatic heterocycles. The second-order valence-electron chi connectivity index (χ2n) is 7.25. The molecule has 0 unspecified atom stereocenters. The normalized spacial score (nSPS) is 23.0. The molecule has 26 heavy (non-hydrogen) atoms. The van der Waals surface area contributed by atoms with E-state index in [1.54, 1.807) is 30.5 Å². The number of benzene rings is 1. The third-order valence-corrected chi connectivity index (χ3v) is 4.97. The van der Waals surface area contributed by atoms with Gasteiger partial charge in [-0.2, -0.15) is 0 Å². The lowest BCUT2D eigenvalue weighted by molar-refractivity contribution is -0.0293. The van der Waals surface area contributed by atoms with Gasteiger partial charge in [0.15, 0.2) is 0 Å². The molecule has 3 rings (SSSR count). The lowest BCUT2D eigenvalue weighted by atomic mass is 9.85. The number of aromatic amines is 1. The average Bonchev–Trinajstić information content (AvgIpc) is 2.86. The summed E-state index contributed by atoms with van der Waals surface area (Å²) in [6.07, 6.45) is 6.22. The Morgan fingerprint density at radius 3 is 2.69 bits per heavy atom. The van der Waals surface area contributed by atoms with Gasteiger partial charge < -0.3 is 19.9 Å². The van der Waals surface area contributed by atoms with E-state index in [2.05, 4.69) is 18.0 Å². The van der Waals surface area contributed by atoms with Crippen LogP contribution >= 0.6 is 0 Å². The number of phenolic OH excluding ortho intramolecular Hbond substituents is 1. The number of H-pyrrole nitrogens is 1. The molecular weight excluding hydrogens is 330 g/mol. The molecule has 5 heteroatoms. The van der Waals surface area contributed by atoms with Gasteiger partial charge in [-0.25, -0.2) is 0 Å². The van der Waals surface area contributed by atoms with Crippen LogP contribution in [0.4, 0.5) is 0 Å². The SMILES string of the molecule is C/C=C/C[C@H](C)C[C@]1(C)Oc2c(-c3ccc(O)cc3)c[nH]c(=O)c2[C@@H]1O. The summed E-state index contributed by atoms with van der Waals surface area (Å²) >= 11 is 0. The maximum atomic E-state index is 12.4. The highest BCUT2D eigenvalue weighted by molar-refractivity contribution is 5.73. The fraction of sp³-hybridized carbons (Fsp3) is 0.381. The molecular formula is C21H25NO4. The van der Waals surface area contributed by atoms with Crippen molar-refractivity contribution in [3.63, 3.8) is 0 Å². The van der Waals surface area contributed by atoms with Crippen LogP contribution in [0.2, 0.25) is 0 Å². The highest BCUT2D eigenvalue weighted by Gasteiger charge is 2.47. The number of ether oxygens (including phenoxy) is 1. The van der Waals surface area contributed by atoms with Crippen LogP contribution in [0.1, 0.15) is 45.3 Å². The van der Waals surface area contributed by atoms with Crippen LogP contribution in [0.25, 0.3) is 11.1 Å². The average molecular weight is 355 g/mol. The Morgan fingerprint density at radius 2 is 2.04 bits per heavy atom. The molecule has 0 aliphatic carbocycles. The fourth-order valence-electron chi connectivity index (χ4n) is 3.63. The number of aliphatic hydroxyl groups is 1. The third kappa shape index (κ3) is 3.27. The number of allylic oxidation sites excluding steroid dienone is 2. The lowest BCUT2D eigenvalue weighted by Gasteiger charge is -2.30. The van der Waals surface area contributed by atoms with Crippen LogP contribution in [0.5, 0.6) is 11.5 Å². The zero-order valence-electron chi connectivity index (χ0n) is 15.3. The topological polar surface area (TPSA) is 82.5 Å². The highest BCUT2D eigenvalue weighted by Crippen LogP contribution is 2.48. The first-order valence-electron chi connectivity index (χ1n) is 8.89. The number of phenols is 1. The van der Waals surface area contributed by atoms with E-state index in [1.807, 2.05) is 19.9 Å². The summed E-state index contributed by atoms with van der Waals surface area (Å²) in [4.78, 5) is 15.1. The van der Waals surface area contributed by atoms with Gasteiger partial charge in [0.1, 0.15) is 23.2 Å². The molecule has 1 aliphatic rings. The van der Waals surface area contributed by atoms with Crippen LogP contribution < -0.4 is 10.3 Å². The molecule has 0 radical (unpaired) electrons. The zero-order chi connectivity index (χ0) is 18.9. The number of rotatable bonds is 5. The molecule has 0 fully saturated rings. The maximum absolute atomic E-state index is 12.4. The summed E-state index contributed by atoms with van der Waals surface area (Å²) < 4.78 is 6.20. The molecule has 138 valence electrons. The number of hydrogen-bond donors (Lipinski definition) is 3. The molecule has 0 saturated heterocycles. The maximum Gasteiger partial charge on any atom is 0.257 e. The van der Waals surface area contributed by atoms with E-state index in [0.29, 0.717) is 23.7 Å². The molecule has 0 bridgehead atoms. The van der Waals surface area contributed by atoms with Gasteiger partial charge in [0.2, 0.25) is 0 Å². The number of hydrogen-bond acceptors (Lipinski definition) is 4. The first-order valence-corrected chi connectivity index (χ1v) is 8.89. The molecule has 3 N–H and O–H groups in total. The van der Waals surface area contributed by atoms with E-state index in [9.17, 15) is 15.0 Å². The summed E-state index contributed by atoms with van der Waals surface area (Å²) in [5.41, 5.74) is 0.581. The molecule has 0 spiro atoms. The zero-order valence-corrected chi connectivity index (χ0v) is 15.3. The molecule has 1 aliphatic heterocycles. The van der Waals surface area contributed by atoms with E-state index in [0.717, 1.165) is 12.0 Å². The first-order chi connectivity index (χ1) is 12.4. The monoisotopic (exact) mass is 355 g/mol. The Kier molecular flexibility index (Phi) is 4.92. The van der Waals surface area contributed by atoms with E-state index in [1.165, 1.54) is 0 Å². The molecule has 3 atom stereocenters. The Balaban J connectivity index is 1.99. The number of fused-ring (bicyclic) bond motifs is 1. The summed E-state index contributed by atoms with van der Waals surface area (Å²) in [7, 11) is 0. The predicted octanol–water partition coefficient (Wildman–Crippen LogP) is 3.92. The van der Waals surface area contributed by atoms with Crippen LogP contribution in [0, 0.1) is 5.92 Å². The number of aromatic hydroxyl groups is 1. The molecule has 0 amide bonds. The summed E-state index contributed by atoms with van der Waals surface area (Å²) in [6.45, 7) is 5.94. The Hall–Kier alpha value is -2.53. The fourth-order valence-corrected chi connectivity index (χ4v) is 3.63. The second-order valence-corrected chi connectivity index (χ2v) is 7.25. The Labute approximate surface area is 153 Å². The van der Waals surface area contributed by atoms with E-state index >= 15 is 0 Å². The van der Waals surface area contributed by atoms with Gasteiger partial charge in [0.05, 0.1) is 5.56 Å². The molecule has 2 aromatic rings. The summed E-state index contributed by atoms with van der Waals surface area (Å²) in [5, 5.41) is 20.4. The summed E-state index contributed by atoms with van der Waals surface area (Å²) in [5.74, 6) is 0.891. The summed E-state index contributed by atoms with van der Waals surface area (Å²) in [6, 6.07) is 6.67. The van der Waals surface area contributed by atoms with Gasteiger partial charge in [0.25, 0.3) is 5.56 Å². The highest BCUT2D eigenvalue weighted by atomic mass is 16.5. The van der Waals surface area contributed by atoms with Crippen molar-refractivity contribution in [3.8, 4) is 22.6 Å². The Morgan fingerprint density at radius 1 is 1.35 bits per heavy atom. The molecule has 5 nitrogen and oxygen atoms in total. The van der Waals surface area contributed by atoms with Gasteiger partial charge in [-0.15, -0.1) is 0 Å². The lowest BCUT2D eigenvalue weighted by Crippen LogP contribution is -2.37. The van der Waals surface area contributed by atoms with Gasteiger partial charge in [0, 0.05) is 11.8 Å². The van der Waals surface area contributed by atoms with Gasteiger partial charge in [-0.1, -0.05) is 31.2 Å². The minimum absolute atomic E-state index is 0.165. The van der Waals surface area contributed by atoms with Crippen molar-refractivity contribution in [1.29, 1.82) is 0 Å². The molecule has 2 heterocycles. The van der Waals surface area contributed by atoms with E-state index in [4.69, 9.17) is 4.74 Å². The number of pyridine rings is 1. The van der Waals surface area contributed by atoms with Gasteiger partial charge >= 0.3 is 0 Å². The minimum Gasteiger partial charge on any atom is -0.508 e. The van der Waals surface area contributed by atoms with Crippen molar-refractivity contribution < 1.29 is 14.9 Å². The van der Waals surface area contributed by atoms with Crippen LogP contribution in [0.3, 0.4) is 0 Å². The van der Waals surface area contributed by atoms with E-state index in [-0.39, 0.29) is 16.9 Å². The third-order valence-electron chi connectivity index (χ3n) is 4.97. The predicted molar refractivity (Wildman–Crippen MR) is 101 cm³/mol. The quantitative estimate of drug-likeness (QED) is 0.710. The number of aromatic nitrogens is 1. The molecule has 0 saturated carbocycles. The van der Waals surface area contributed by atoms with Crippen molar-refractivity contribution >= 4 is 0 Å². The largest absolute Gasteiger partial charge is 0.508 e. The van der Waals surface area contributed by atoms with Crippen molar-refractivity contribution in [2.45, 2.75) is 45.3 Å². The minimum atomic E-state index is -0.994. The number of nitrogens with one attached hydrogen (secondary N) is 1. The first kappa shape index (κ1) is 18.3. The van der Waals surface area contributed by atoms with Gasteiger partial charge in [-0.05, 0) is 50.3 Å². The van der Waals surface area contributed by atoms with Crippen LogP contribution in [0.15, 0.2) is 47.4 Å².